The second kappa shape index (κ2) is 7.25. The van der Waals surface area contributed by atoms with Gasteiger partial charge in [0, 0.05) is 27.9 Å². The third-order valence-electron chi connectivity index (χ3n) is 4.79. The van der Waals surface area contributed by atoms with Crippen molar-refractivity contribution in [2.45, 2.75) is 29.5 Å². The van der Waals surface area contributed by atoms with E-state index in [1.165, 1.54) is 16.7 Å². The van der Waals surface area contributed by atoms with Crippen molar-refractivity contribution in [2.75, 3.05) is 16.8 Å². The smallest absolute Gasteiger partial charge is 0.344 e. The number of carbonyl (C=O) groups is 3. The van der Waals surface area contributed by atoms with Gasteiger partial charge in [-0.1, -0.05) is 39.8 Å². The number of fused-ring (bicyclic) bond motifs is 3. The van der Waals surface area contributed by atoms with Gasteiger partial charge in [-0.3, -0.25) is 14.5 Å². The maximum absolute atomic E-state index is 12.9. The third kappa shape index (κ3) is 3.20. The van der Waals surface area contributed by atoms with E-state index in [0.29, 0.717) is 12.1 Å². The molecule has 0 saturated carbocycles. The first-order valence-electron chi connectivity index (χ1n) is 8.75. The second-order valence-electron chi connectivity index (χ2n) is 6.67. The number of hydrogen-bond acceptors (Lipinski definition) is 5. The molecular weight excluding hydrogens is 444 g/mol. The highest BCUT2D eigenvalue weighted by Gasteiger charge is 2.58. The van der Waals surface area contributed by atoms with Crippen LogP contribution in [0.3, 0.4) is 0 Å². The van der Waals surface area contributed by atoms with E-state index in [1.54, 1.807) is 6.07 Å². The van der Waals surface area contributed by atoms with E-state index in [2.05, 4.69) is 21.2 Å². The fourth-order valence-corrected chi connectivity index (χ4v) is 5.36. The van der Waals surface area contributed by atoms with Gasteiger partial charge in [0.2, 0.25) is 5.91 Å². The lowest BCUT2D eigenvalue weighted by Gasteiger charge is -2.28. The van der Waals surface area contributed by atoms with E-state index in [0.717, 1.165) is 20.6 Å². The largest absolute Gasteiger partial charge is 0.453 e. The average molecular weight is 461 g/mol. The fraction of sp³-hybridized carbons (Fsp3) is 0.250. The molecule has 144 valence electrons. The number of nitrogens with one attached hydrogen (secondary N) is 1. The number of para-hydroxylation sites is 1. The highest BCUT2D eigenvalue weighted by atomic mass is 79.9. The van der Waals surface area contributed by atoms with Crippen LogP contribution in [0.4, 0.5) is 11.4 Å². The predicted octanol–water partition coefficient (Wildman–Crippen LogP) is 3.87. The van der Waals surface area contributed by atoms with Gasteiger partial charge in [-0.25, -0.2) is 4.79 Å². The van der Waals surface area contributed by atoms with Gasteiger partial charge in [0.25, 0.3) is 5.91 Å². The van der Waals surface area contributed by atoms with Crippen LogP contribution in [0.25, 0.3) is 0 Å². The van der Waals surface area contributed by atoms with Crippen molar-refractivity contribution in [1.82, 2.24) is 0 Å². The summed E-state index contributed by atoms with van der Waals surface area (Å²) >= 11 is 4.70. The van der Waals surface area contributed by atoms with Crippen LogP contribution < -0.4 is 10.2 Å². The Labute approximate surface area is 174 Å². The van der Waals surface area contributed by atoms with E-state index in [1.807, 2.05) is 43.3 Å². The molecular formula is C20H17BrN2O4S. The number of rotatable bonds is 4. The molecule has 8 heteroatoms. The molecule has 0 aromatic heterocycles. The first-order valence-corrected chi connectivity index (χ1v) is 10.4. The molecule has 28 heavy (non-hydrogen) atoms. The Morgan fingerprint density at radius 1 is 1.29 bits per heavy atom. The van der Waals surface area contributed by atoms with Crippen LogP contribution in [0.2, 0.25) is 0 Å². The van der Waals surface area contributed by atoms with Gasteiger partial charge < -0.3 is 10.1 Å². The van der Waals surface area contributed by atoms with Crippen LogP contribution in [-0.4, -0.2) is 29.3 Å². The van der Waals surface area contributed by atoms with Gasteiger partial charge in [-0.15, -0.1) is 0 Å². The highest BCUT2D eigenvalue weighted by Crippen LogP contribution is 2.56. The first-order chi connectivity index (χ1) is 13.4. The number of halogens is 1. The zero-order valence-electron chi connectivity index (χ0n) is 15.0. The molecule has 0 aliphatic carbocycles. The standard InChI is InChI=1S/C20H17BrN2O4S/c1-12-10-13(21)6-7-14(12)22-17(24)11-27-19(26)20-9-8-18(25)23(20)15-4-2-3-5-16(15)28-20/h2-7,10H,8-9,11H2,1H3,(H,22,24). The van der Waals surface area contributed by atoms with Crippen molar-refractivity contribution >= 4 is 56.9 Å². The molecule has 1 atom stereocenters. The third-order valence-corrected chi connectivity index (χ3v) is 6.74. The summed E-state index contributed by atoms with van der Waals surface area (Å²) in [5.41, 5.74) is 2.27. The number of hydrogen-bond donors (Lipinski definition) is 1. The summed E-state index contributed by atoms with van der Waals surface area (Å²) in [6.45, 7) is 1.47. The molecule has 6 nitrogen and oxygen atoms in total. The Balaban J connectivity index is 1.45. The van der Waals surface area contributed by atoms with Crippen molar-refractivity contribution in [3.05, 3.63) is 52.5 Å². The molecule has 2 aromatic rings. The van der Waals surface area contributed by atoms with Crippen molar-refractivity contribution in [3.8, 4) is 0 Å². The summed E-state index contributed by atoms with van der Waals surface area (Å²) in [7, 11) is 0. The number of thioether (sulfide) groups is 1. The molecule has 4 rings (SSSR count). The maximum atomic E-state index is 12.9. The van der Waals surface area contributed by atoms with Crippen molar-refractivity contribution in [3.63, 3.8) is 0 Å². The van der Waals surface area contributed by atoms with Gasteiger partial charge in [-0.2, -0.15) is 0 Å². The Morgan fingerprint density at radius 2 is 2.07 bits per heavy atom. The van der Waals surface area contributed by atoms with Crippen LogP contribution in [0.5, 0.6) is 0 Å². The zero-order valence-corrected chi connectivity index (χ0v) is 17.4. The minimum Gasteiger partial charge on any atom is -0.453 e. The van der Waals surface area contributed by atoms with E-state index < -0.39 is 23.4 Å². The van der Waals surface area contributed by atoms with Crippen LogP contribution >= 0.6 is 27.7 Å². The lowest BCUT2D eigenvalue weighted by molar-refractivity contribution is -0.149. The lowest BCUT2D eigenvalue weighted by atomic mass is 10.2. The predicted molar refractivity (Wildman–Crippen MR) is 110 cm³/mol. The van der Waals surface area contributed by atoms with E-state index in [4.69, 9.17) is 4.74 Å². The van der Waals surface area contributed by atoms with Gasteiger partial charge >= 0.3 is 5.97 Å². The maximum Gasteiger partial charge on any atom is 0.344 e. The number of ether oxygens (including phenoxy) is 1. The highest BCUT2D eigenvalue weighted by molar-refractivity contribution is 9.10. The number of amides is 2. The van der Waals surface area contributed by atoms with E-state index >= 15 is 0 Å². The minimum atomic E-state index is -1.12. The topological polar surface area (TPSA) is 75.7 Å². The molecule has 1 unspecified atom stereocenters. The molecule has 0 bridgehead atoms. The number of aryl methyl sites for hydroxylation is 1. The monoisotopic (exact) mass is 460 g/mol. The van der Waals surface area contributed by atoms with E-state index in [9.17, 15) is 14.4 Å². The molecule has 0 radical (unpaired) electrons. The number of nitrogens with zero attached hydrogens (tertiary/aromatic N) is 1. The van der Waals surface area contributed by atoms with Gasteiger partial charge in [0.1, 0.15) is 0 Å². The average Bonchev–Trinajstić information content (AvgIpc) is 3.18. The number of esters is 1. The minimum absolute atomic E-state index is 0.107. The summed E-state index contributed by atoms with van der Waals surface area (Å²) in [6.07, 6.45) is 0.637. The molecule has 1 fully saturated rings. The molecule has 2 aromatic carbocycles. The van der Waals surface area contributed by atoms with Crippen LogP contribution in [0.1, 0.15) is 18.4 Å². The Bertz CT molecular complexity index is 996. The van der Waals surface area contributed by atoms with Crippen molar-refractivity contribution in [1.29, 1.82) is 0 Å². The SMILES string of the molecule is Cc1cc(Br)ccc1NC(=O)COC(=O)C12CCC(=O)N1c1ccccc1S2. The normalized spacial score (nSPS) is 19.9. The van der Waals surface area contributed by atoms with Crippen molar-refractivity contribution < 1.29 is 19.1 Å². The number of benzene rings is 2. The molecule has 2 aliphatic rings. The lowest BCUT2D eigenvalue weighted by Crippen LogP contribution is -2.48. The molecule has 1 N–H and O–H groups in total. The quantitative estimate of drug-likeness (QED) is 0.700. The molecule has 2 aliphatic heterocycles. The first kappa shape index (κ1) is 19.0. The van der Waals surface area contributed by atoms with Crippen molar-refractivity contribution in [2.24, 2.45) is 0 Å². The summed E-state index contributed by atoms with van der Waals surface area (Å²) in [6, 6.07) is 12.9. The van der Waals surface area contributed by atoms with Gasteiger partial charge in [0.15, 0.2) is 11.5 Å². The summed E-state index contributed by atoms with van der Waals surface area (Å²) in [5.74, 6) is -1.10. The van der Waals surface area contributed by atoms with Crippen LogP contribution in [0.15, 0.2) is 51.8 Å². The molecule has 1 saturated heterocycles. The number of carbonyl (C=O) groups excluding carboxylic acids is 3. The summed E-state index contributed by atoms with van der Waals surface area (Å²) in [4.78, 5) is 38.8. The van der Waals surface area contributed by atoms with Gasteiger partial charge in [0.05, 0.1) is 5.69 Å². The Hall–Kier alpha value is -2.32. The Kier molecular flexibility index (Phi) is 4.93. The van der Waals surface area contributed by atoms with Crippen LogP contribution in [-0.2, 0) is 19.1 Å². The van der Waals surface area contributed by atoms with Crippen LogP contribution in [0, 0.1) is 6.92 Å². The second-order valence-corrected chi connectivity index (χ2v) is 8.90. The molecule has 2 heterocycles. The Morgan fingerprint density at radius 3 is 2.86 bits per heavy atom. The summed E-state index contributed by atoms with van der Waals surface area (Å²) < 4.78 is 6.25. The fourth-order valence-electron chi connectivity index (χ4n) is 3.47. The number of anilines is 2. The zero-order chi connectivity index (χ0) is 19.9. The molecule has 2 amide bonds. The molecule has 0 spiro atoms. The summed E-state index contributed by atoms with van der Waals surface area (Å²) in [5, 5.41) is 2.74. The van der Waals surface area contributed by atoms with E-state index in [-0.39, 0.29) is 12.3 Å². The van der Waals surface area contributed by atoms with Gasteiger partial charge in [-0.05, 0) is 42.8 Å².